The van der Waals surface area contributed by atoms with Gasteiger partial charge in [0.05, 0.1) is 6.04 Å². The van der Waals surface area contributed by atoms with Gasteiger partial charge in [0.15, 0.2) is 0 Å². The summed E-state index contributed by atoms with van der Waals surface area (Å²) in [5.41, 5.74) is 9.11. The number of nitrogens with zero attached hydrogens (tertiary/aromatic N) is 1. The first-order valence-electron chi connectivity index (χ1n) is 13.8. The fraction of sp³-hybridized carbons (Fsp3) is 0.733. The van der Waals surface area contributed by atoms with E-state index < -0.39 is 6.23 Å². The van der Waals surface area contributed by atoms with Crippen LogP contribution in [0.15, 0.2) is 46.8 Å². The fourth-order valence-electron chi connectivity index (χ4n) is 4.65. The van der Waals surface area contributed by atoms with Gasteiger partial charge >= 0.3 is 0 Å². The van der Waals surface area contributed by atoms with Crippen molar-refractivity contribution in [1.82, 2.24) is 15.5 Å². The minimum atomic E-state index is -0.976. The maximum absolute atomic E-state index is 10.2. The number of hydrogen-bond acceptors (Lipinski definition) is 5. The average Bonchev–Trinajstić information content (AvgIpc) is 2.80. The second-order valence-corrected chi connectivity index (χ2v) is 10.1. The molecule has 1 aliphatic carbocycles. The molecule has 5 heteroatoms. The first-order chi connectivity index (χ1) is 16.3. The Kier molecular flexibility index (Phi) is 17.0. The van der Waals surface area contributed by atoms with Crippen molar-refractivity contribution in [1.29, 1.82) is 0 Å². The maximum Gasteiger partial charge on any atom is 0.132 e. The highest BCUT2D eigenvalue weighted by Gasteiger charge is 2.32. The number of fused-ring (bicyclic) bond motifs is 1. The molecule has 204 valence electrons. The summed E-state index contributed by atoms with van der Waals surface area (Å²) < 4.78 is 0. The number of aliphatic hydroxyl groups is 1. The van der Waals surface area contributed by atoms with Gasteiger partial charge in [0.25, 0.3) is 0 Å². The summed E-state index contributed by atoms with van der Waals surface area (Å²) in [5, 5.41) is 17.7. The van der Waals surface area contributed by atoms with Gasteiger partial charge in [-0.25, -0.2) is 0 Å². The first kappa shape index (κ1) is 33.4. The molecule has 2 aliphatic heterocycles. The molecule has 0 radical (unpaired) electrons. The standard InChI is InChI=1S/C23H38N4O.2C3H8.CH4/c1-5-7-18(6-2)25-20-10-11-27(14-16(20)4)23-19(22(24)28)13-17-12-15(3)8-9-21(17)26-23;2*1-3-2;/h8-9,12-13,16,18,20-22,25-26,28H,5-7,10-11,14,24H2,1-4H3;2*3H2,1-2H3;1H4. The molecule has 3 aliphatic rings. The van der Waals surface area contributed by atoms with Crippen LogP contribution in [0.1, 0.15) is 101 Å². The third-order valence-corrected chi connectivity index (χ3v) is 6.31. The summed E-state index contributed by atoms with van der Waals surface area (Å²) >= 11 is 0. The summed E-state index contributed by atoms with van der Waals surface area (Å²) in [4.78, 5) is 2.38. The highest BCUT2D eigenvalue weighted by Crippen LogP contribution is 2.29. The van der Waals surface area contributed by atoms with Gasteiger partial charge in [-0.05, 0) is 43.8 Å². The molecular weight excluding hydrogens is 432 g/mol. The molecule has 5 atom stereocenters. The van der Waals surface area contributed by atoms with E-state index >= 15 is 0 Å². The van der Waals surface area contributed by atoms with Gasteiger partial charge in [-0.2, -0.15) is 0 Å². The Morgan fingerprint density at radius 2 is 1.77 bits per heavy atom. The van der Waals surface area contributed by atoms with E-state index in [2.05, 4.69) is 95.2 Å². The van der Waals surface area contributed by atoms with Crippen LogP contribution in [-0.2, 0) is 0 Å². The summed E-state index contributed by atoms with van der Waals surface area (Å²) in [6, 6.07) is 1.32. The Bertz CT molecular complexity index is 705. The van der Waals surface area contributed by atoms with E-state index in [-0.39, 0.29) is 13.5 Å². The Morgan fingerprint density at radius 1 is 1.14 bits per heavy atom. The van der Waals surface area contributed by atoms with Crippen molar-refractivity contribution in [2.75, 3.05) is 13.1 Å². The molecule has 0 aromatic carbocycles. The number of piperidine rings is 1. The van der Waals surface area contributed by atoms with Gasteiger partial charge in [0.1, 0.15) is 12.0 Å². The van der Waals surface area contributed by atoms with E-state index in [9.17, 15) is 5.11 Å². The number of rotatable bonds is 7. The molecule has 3 rings (SSSR count). The molecule has 0 aromatic heterocycles. The number of nitrogens with two attached hydrogens (primary N) is 1. The van der Waals surface area contributed by atoms with E-state index in [0.717, 1.165) is 30.9 Å². The van der Waals surface area contributed by atoms with Crippen LogP contribution in [0.4, 0.5) is 0 Å². The summed E-state index contributed by atoms with van der Waals surface area (Å²) in [5.74, 6) is 1.53. The van der Waals surface area contributed by atoms with E-state index in [1.807, 2.05) is 0 Å². The highest BCUT2D eigenvalue weighted by atomic mass is 16.3. The normalized spacial score (nSPS) is 24.7. The third-order valence-electron chi connectivity index (χ3n) is 6.31. The third kappa shape index (κ3) is 10.5. The number of likely N-dealkylation sites (tertiary alicyclic amines) is 1. The van der Waals surface area contributed by atoms with Crippen LogP contribution < -0.4 is 16.4 Å². The number of dihydropyridines is 1. The number of hydrogen-bond donors (Lipinski definition) is 4. The van der Waals surface area contributed by atoms with E-state index in [1.54, 1.807) is 0 Å². The average molecular weight is 491 g/mol. The van der Waals surface area contributed by atoms with Crippen molar-refractivity contribution in [2.24, 2.45) is 11.7 Å². The maximum atomic E-state index is 10.2. The lowest BCUT2D eigenvalue weighted by Crippen LogP contribution is -2.53. The zero-order chi connectivity index (χ0) is 25.7. The minimum Gasteiger partial charge on any atom is -0.374 e. The van der Waals surface area contributed by atoms with Crippen LogP contribution in [0.25, 0.3) is 0 Å². The summed E-state index contributed by atoms with van der Waals surface area (Å²) in [7, 11) is 0. The van der Waals surface area contributed by atoms with Gasteiger partial charge in [0, 0.05) is 30.7 Å². The topological polar surface area (TPSA) is 73.5 Å². The molecule has 5 N–H and O–H groups in total. The number of allylic oxidation sites excluding steroid dienone is 2. The quantitative estimate of drug-likeness (QED) is 0.318. The van der Waals surface area contributed by atoms with E-state index in [4.69, 9.17) is 5.73 Å². The largest absolute Gasteiger partial charge is 0.374 e. The Labute approximate surface area is 218 Å². The molecule has 0 bridgehead atoms. The molecular formula is C30H58N4O. The smallest absolute Gasteiger partial charge is 0.132 e. The lowest BCUT2D eigenvalue weighted by atomic mass is 9.90. The zero-order valence-corrected chi connectivity index (χ0v) is 23.3. The lowest BCUT2D eigenvalue weighted by Gasteiger charge is -2.44. The lowest BCUT2D eigenvalue weighted by molar-refractivity contribution is 0.152. The van der Waals surface area contributed by atoms with Crippen molar-refractivity contribution < 1.29 is 5.11 Å². The molecule has 35 heavy (non-hydrogen) atoms. The number of nitrogens with one attached hydrogen (secondary N) is 2. The molecule has 1 saturated heterocycles. The van der Waals surface area contributed by atoms with Gasteiger partial charge < -0.3 is 26.4 Å². The first-order valence-corrected chi connectivity index (χ1v) is 13.8. The molecule has 5 nitrogen and oxygen atoms in total. The van der Waals surface area contributed by atoms with Gasteiger partial charge in [0.2, 0.25) is 0 Å². The predicted octanol–water partition coefficient (Wildman–Crippen LogP) is 6.24. The Hall–Kier alpha value is -1.56. The van der Waals surface area contributed by atoms with Crippen LogP contribution in [-0.4, -0.2) is 47.4 Å². The Balaban J connectivity index is 0.00000150. The van der Waals surface area contributed by atoms with Gasteiger partial charge in [-0.15, -0.1) is 0 Å². The van der Waals surface area contributed by atoms with Crippen molar-refractivity contribution in [3.05, 3.63) is 46.8 Å². The fourth-order valence-corrected chi connectivity index (χ4v) is 4.65. The van der Waals surface area contributed by atoms with Crippen LogP contribution >= 0.6 is 0 Å². The van der Waals surface area contributed by atoms with Crippen molar-refractivity contribution >= 4 is 0 Å². The molecule has 0 saturated carbocycles. The van der Waals surface area contributed by atoms with Crippen molar-refractivity contribution in [3.63, 3.8) is 0 Å². The van der Waals surface area contributed by atoms with Crippen LogP contribution in [0, 0.1) is 5.92 Å². The zero-order valence-electron chi connectivity index (χ0n) is 23.3. The van der Waals surface area contributed by atoms with Crippen LogP contribution in [0.3, 0.4) is 0 Å². The van der Waals surface area contributed by atoms with Gasteiger partial charge in [-0.1, -0.05) is 99.0 Å². The van der Waals surface area contributed by atoms with Crippen LogP contribution in [0.5, 0.6) is 0 Å². The van der Waals surface area contributed by atoms with Crippen molar-refractivity contribution in [3.8, 4) is 0 Å². The SMILES string of the molecule is C.CCC.CCC.CCCC(CC)NC1CCN(C2=C(C(N)O)C=C3C=C(C)C=CC3N2)CC1C. The molecule has 0 aromatic rings. The summed E-state index contributed by atoms with van der Waals surface area (Å²) in [6.45, 7) is 19.4. The van der Waals surface area contributed by atoms with E-state index in [0.29, 0.717) is 18.0 Å². The number of aliphatic hydroxyl groups excluding tert-OH is 1. The summed E-state index contributed by atoms with van der Waals surface area (Å²) in [6.07, 6.45) is 14.9. The predicted molar refractivity (Wildman–Crippen MR) is 155 cm³/mol. The Morgan fingerprint density at radius 3 is 2.29 bits per heavy atom. The molecule has 2 heterocycles. The highest BCUT2D eigenvalue weighted by molar-refractivity contribution is 5.49. The van der Waals surface area contributed by atoms with Crippen LogP contribution in [0.2, 0.25) is 0 Å². The molecule has 5 unspecified atom stereocenters. The van der Waals surface area contributed by atoms with Crippen molar-refractivity contribution in [2.45, 2.75) is 126 Å². The minimum absolute atomic E-state index is 0. The van der Waals surface area contributed by atoms with E-state index in [1.165, 1.54) is 43.3 Å². The second-order valence-electron chi connectivity index (χ2n) is 10.1. The molecule has 0 amide bonds. The second kappa shape index (κ2) is 17.8. The van der Waals surface area contributed by atoms with Gasteiger partial charge in [-0.3, -0.25) is 0 Å². The molecule has 1 fully saturated rings. The monoisotopic (exact) mass is 490 g/mol. The molecule has 0 spiro atoms.